The Balaban J connectivity index is 2.88. The maximum atomic E-state index is 6.26. The van der Waals surface area contributed by atoms with Crippen LogP contribution >= 0.6 is 0 Å². The van der Waals surface area contributed by atoms with E-state index in [1.54, 1.807) is 7.11 Å². The molecule has 2 unspecified atom stereocenters. The molecule has 3 nitrogen and oxygen atoms in total. The first-order valence-electron chi connectivity index (χ1n) is 8.26. The molecule has 0 bridgehead atoms. The van der Waals surface area contributed by atoms with Crippen LogP contribution in [0.3, 0.4) is 0 Å². The van der Waals surface area contributed by atoms with Crippen LogP contribution in [0.25, 0.3) is 0 Å². The molecule has 0 heterocycles. The normalized spacial score (nSPS) is 13.8. The quantitative estimate of drug-likeness (QED) is 0.701. The largest absolute Gasteiger partial charge is 0.493 e. The van der Waals surface area contributed by atoms with Crippen LogP contribution in [0.15, 0.2) is 18.2 Å². The number of hydrogen-bond donors (Lipinski definition) is 1. The molecule has 120 valence electrons. The fraction of sp³-hybridized carbons (Fsp3) is 0.667. The van der Waals surface area contributed by atoms with Crippen LogP contribution in [0.2, 0.25) is 0 Å². The average Bonchev–Trinajstić information content (AvgIpc) is 2.52. The standard InChI is InChI=1S/C18H31NO2/c1-6-10-15(19-9-4)16(8-3)21-17-12-11-14(7-2)13-18(17)20-5/h11-13,15-16,19H,6-10H2,1-5H3. The van der Waals surface area contributed by atoms with Crippen LogP contribution in [-0.4, -0.2) is 25.8 Å². The number of benzene rings is 1. The number of aryl methyl sites for hydroxylation is 1. The molecule has 0 saturated heterocycles. The molecule has 0 aliphatic rings. The van der Waals surface area contributed by atoms with Crippen molar-refractivity contribution in [2.75, 3.05) is 13.7 Å². The maximum Gasteiger partial charge on any atom is 0.161 e. The second kappa shape index (κ2) is 9.67. The minimum absolute atomic E-state index is 0.172. The van der Waals surface area contributed by atoms with Gasteiger partial charge in [-0.05, 0) is 43.5 Å². The zero-order valence-corrected chi connectivity index (χ0v) is 14.2. The highest BCUT2D eigenvalue weighted by Gasteiger charge is 2.21. The molecule has 1 aromatic rings. The molecule has 1 rings (SSSR count). The average molecular weight is 293 g/mol. The van der Waals surface area contributed by atoms with Gasteiger partial charge >= 0.3 is 0 Å². The number of rotatable bonds is 10. The predicted octanol–water partition coefficient (Wildman–Crippen LogP) is 4.19. The first-order valence-corrected chi connectivity index (χ1v) is 8.26. The highest BCUT2D eigenvalue weighted by molar-refractivity contribution is 5.43. The molecule has 0 radical (unpaired) electrons. The van der Waals surface area contributed by atoms with Gasteiger partial charge in [0.15, 0.2) is 11.5 Å². The molecule has 0 amide bonds. The first kappa shape index (κ1) is 17.8. The number of nitrogens with one attached hydrogen (secondary N) is 1. The Hall–Kier alpha value is -1.22. The SMILES string of the molecule is CCCC(NCC)C(CC)Oc1ccc(CC)cc1OC. The van der Waals surface area contributed by atoms with Crippen LogP contribution in [-0.2, 0) is 6.42 Å². The Bertz CT molecular complexity index is 400. The van der Waals surface area contributed by atoms with E-state index in [9.17, 15) is 0 Å². The highest BCUT2D eigenvalue weighted by Crippen LogP contribution is 2.30. The summed E-state index contributed by atoms with van der Waals surface area (Å²) in [6, 6.07) is 6.62. The van der Waals surface area contributed by atoms with Gasteiger partial charge in [0.25, 0.3) is 0 Å². The summed E-state index contributed by atoms with van der Waals surface area (Å²) in [5.41, 5.74) is 1.27. The smallest absolute Gasteiger partial charge is 0.161 e. The molecular weight excluding hydrogens is 262 g/mol. The van der Waals surface area contributed by atoms with E-state index in [4.69, 9.17) is 9.47 Å². The van der Waals surface area contributed by atoms with Crippen molar-refractivity contribution in [2.45, 2.75) is 65.5 Å². The second-order valence-corrected chi connectivity index (χ2v) is 5.36. The van der Waals surface area contributed by atoms with Gasteiger partial charge in [-0.1, -0.05) is 40.2 Å². The number of likely N-dealkylation sites (N-methyl/N-ethyl adjacent to an activating group) is 1. The maximum absolute atomic E-state index is 6.26. The van der Waals surface area contributed by atoms with Crippen LogP contribution < -0.4 is 14.8 Å². The molecule has 1 N–H and O–H groups in total. The minimum Gasteiger partial charge on any atom is -0.493 e. The molecule has 2 atom stereocenters. The fourth-order valence-electron chi connectivity index (χ4n) is 2.63. The van der Waals surface area contributed by atoms with Crippen molar-refractivity contribution in [2.24, 2.45) is 0 Å². The third kappa shape index (κ3) is 5.24. The van der Waals surface area contributed by atoms with Crippen LogP contribution in [0, 0.1) is 0 Å². The summed E-state index contributed by atoms with van der Waals surface area (Å²) in [4.78, 5) is 0. The fourth-order valence-corrected chi connectivity index (χ4v) is 2.63. The van der Waals surface area contributed by atoms with Crippen molar-refractivity contribution in [3.63, 3.8) is 0 Å². The molecule has 1 aromatic carbocycles. The summed E-state index contributed by atoms with van der Waals surface area (Å²) in [5.74, 6) is 1.68. The Kier molecular flexibility index (Phi) is 8.21. The first-order chi connectivity index (χ1) is 10.2. The summed E-state index contributed by atoms with van der Waals surface area (Å²) in [6.45, 7) is 9.65. The van der Waals surface area contributed by atoms with E-state index in [1.165, 1.54) is 5.56 Å². The van der Waals surface area contributed by atoms with E-state index >= 15 is 0 Å². The van der Waals surface area contributed by atoms with Gasteiger partial charge in [0.2, 0.25) is 0 Å². The summed E-state index contributed by atoms with van der Waals surface area (Å²) < 4.78 is 11.8. The Morgan fingerprint density at radius 1 is 1.10 bits per heavy atom. The van der Waals surface area contributed by atoms with E-state index < -0.39 is 0 Å². The minimum atomic E-state index is 0.172. The third-order valence-corrected chi connectivity index (χ3v) is 3.83. The predicted molar refractivity (Wildman–Crippen MR) is 89.5 cm³/mol. The lowest BCUT2D eigenvalue weighted by atomic mass is 10.0. The van der Waals surface area contributed by atoms with Crippen LogP contribution in [0.5, 0.6) is 11.5 Å². The van der Waals surface area contributed by atoms with Crippen molar-refractivity contribution < 1.29 is 9.47 Å². The third-order valence-electron chi connectivity index (χ3n) is 3.83. The number of ether oxygens (including phenoxy) is 2. The molecular formula is C18H31NO2. The van der Waals surface area contributed by atoms with Crippen LogP contribution in [0.4, 0.5) is 0 Å². The molecule has 0 saturated carbocycles. The lowest BCUT2D eigenvalue weighted by Gasteiger charge is -2.28. The van der Waals surface area contributed by atoms with Gasteiger partial charge in [0.1, 0.15) is 6.10 Å². The van der Waals surface area contributed by atoms with Gasteiger partial charge in [-0.25, -0.2) is 0 Å². The Morgan fingerprint density at radius 3 is 2.38 bits per heavy atom. The second-order valence-electron chi connectivity index (χ2n) is 5.36. The van der Waals surface area contributed by atoms with Gasteiger partial charge in [-0.3, -0.25) is 0 Å². The van der Waals surface area contributed by atoms with E-state index in [0.717, 1.165) is 43.7 Å². The lowest BCUT2D eigenvalue weighted by Crippen LogP contribution is -2.42. The summed E-state index contributed by atoms with van der Waals surface area (Å²) in [6.07, 6.45) is 4.44. The highest BCUT2D eigenvalue weighted by atomic mass is 16.5. The Morgan fingerprint density at radius 2 is 1.86 bits per heavy atom. The molecule has 0 fully saturated rings. The molecule has 0 spiro atoms. The molecule has 0 aliphatic carbocycles. The van der Waals surface area contributed by atoms with Crippen molar-refractivity contribution in [3.05, 3.63) is 23.8 Å². The van der Waals surface area contributed by atoms with Gasteiger partial charge < -0.3 is 14.8 Å². The van der Waals surface area contributed by atoms with Crippen molar-refractivity contribution in [3.8, 4) is 11.5 Å². The molecule has 0 aromatic heterocycles. The van der Waals surface area contributed by atoms with E-state index in [2.05, 4.69) is 45.1 Å². The molecule has 3 heteroatoms. The van der Waals surface area contributed by atoms with E-state index in [-0.39, 0.29) is 6.10 Å². The monoisotopic (exact) mass is 293 g/mol. The van der Waals surface area contributed by atoms with Gasteiger partial charge in [-0.2, -0.15) is 0 Å². The summed E-state index contributed by atoms with van der Waals surface area (Å²) in [5, 5.41) is 3.55. The number of hydrogen-bond acceptors (Lipinski definition) is 3. The van der Waals surface area contributed by atoms with Crippen molar-refractivity contribution in [1.82, 2.24) is 5.32 Å². The molecule has 0 aliphatic heterocycles. The van der Waals surface area contributed by atoms with Crippen molar-refractivity contribution >= 4 is 0 Å². The van der Waals surface area contributed by atoms with Crippen LogP contribution in [0.1, 0.15) is 52.5 Å². The Labute approximate surface area is 130 Å². The van der Waals surface area contributed by atoms with Crippen molar-refractivity contribution in [1.29, 1.82) is 0 Å². The van der Waals surface area contributed by atoms with Gasteiger partial charge in [0.05, 0.1) is 7.11 Å². The van der Waals surface area contributed by atoms with E-state index in [1.807, 2.05) is 6.07 Å². The zero-order chi connectivity index (χ0) is 15.7. The van der Waals surface area contributed by atoms with Gasteiger partial charge in [-0.15, -0.1) is 0 Å². The van der Waals surface area contributed by atoms with Gasteiger partial charge in [0, 0.05) is 6.04 Å². The zero-order valence-electron chi connectivity index (χ0n) is 14.2. The number of methoxy groups -OCH3 is 1. The summed E-state index contributed by atoms with van der Waals surface area (Å²) in [7, 11) is 1.70. The molecule has 21 heavy (non-hydrogen) atoms. The van der Waals surface area contributed by atoms with E-state index in [0.29, 0.717) is 6.04 Å². The lowest BCUT2D eigenvalue weighted by molar-refractivity contribution is 0.138. The summed E-state index contributed by atoms with van der Waals surface area (Å²) >= 11 is 0. The topological polar surface area (TPSA) is 30.5 Å².